The van der Waals surface area contributed by atoms with Crippen LogP contribution in [0.25, 0.3) is 0 Å². The van der Waals surface area contributed by atoms with Gasteiger partial charge in [0.2, 0.25) is 0 Å². The van der Waals surface area contributed by atoms with Gasteiger partial charge in [0.05, 0.1) is 11.3 Å². The van der Waals surface area contributed by atoms with Gasteiger partial charge in [-0.2, -0.15) is 0 Å². The van der Waals surface area contributed by atoms with Crippen LogP contribution in [0.3, 0.4) is 0 Å². The summed E-state index contributed by atoms with van der Waals surface area (Å²) in [5, 5.41) is 8.67. The van der Waals surface area contributed by atoms with E-state index in [1.165, 1.54) is 23.1 Å². The zero-order valence-electron chi connectivity index (χ0n) is 9.70. The van der Waals surface area contributed by atoms with E-state index < -0.39 is 23.2 Å². The molecule has 18 heavy (non-hydrogen) atoms. The molecule has 0 saturated heterocycles. The maximum atomic E-state index is 13.8. The molecule has 0 aromatic heterocycles. The number of benzene rings is 1. The summed E-state index contributed by atoms with van der Waals surface area (Å²) >= 11 is 0. The first-order valence-electron chi connectivity index (χ1n) is 5.21. The van der Waals surface area contributed by atoms with Crippen LogP contribution >= 0.6 is 0 Å². The number of halogens is 2. The molecular weight excluding hydrogens is 240 g/mol. The van der Waals surface area contributed by atoms with Crippen LogP contribution < -0.4 is 4.90 Å². The Labute approximate surface area is 104 Å². The highest BCUT2D eigenvalue weighted by molar-refractivity contribution is 5.88. The average molecular weight is 253 g/mol. The lowest BCUT2D eigenvalue weighted by atomic mass is 10.1. The molecule has 1 aromatic carbocycles. The van der Waals surface area contributed by atoms with E-state index in [4.69, 9.17) is 5.11 Å². The first kappa shape index (κ1) is 13.9. The molecule has 1 rings (SSSR count). The zero-order valence-corrected chi connectivity index (χ0v) is 9.70. The van der Waals surface area contributed by atoms with Gasteiger partial charge in [0, 0.05) is 13.1 Å². The van der Waals surface area contributed by atoms with E-state index in [2.05, 4.69) is 13.2 Å². The van der Waals surface area contributed by atoms with Gasteiger partial charge < -0.3 is 10.0 Å². The minimum atomic E-state index is -1.50. The number of aromatic carboxylic acids is 1. The fourth-order valence-corrected chi connectivity index (χ4v) is 1.53. The summed E-state index contributed by atoms with van der Waals surface area (Å²) in [6.45, 7) is 7.64. The van der Waals surface area contributed by atoms with Gasteiger partial charge in [-0.3, -0.25) is 0 Å². The molecule has 0 saturated carbocycles. The summed E-state index contributed by atoms with van der Waals surface area (Å²) in [7, 11) is 0. The fourth-order valence-electron chi connectivity index (χ4n) is 1.53. The van der Waals surface area contributed by atoms with Gasteiger partial charge in [-0.1, -0.05) is 12.2 Å². The Balaban J connectivity index is 3.24. The molecular formula is C13H13F2NO2. The Bertz CT molecular complexity index is 476. The summed E-state index contributed by atoms with van der Waals surface area (Å²) in [6, 6.07) is 2.27. The zero-order chi connectivity index (χ0) is 13.7. The smallest absolute Gasteiger partial charge is 0.338 e. The van der Waals surface area contributed by atoms with E-state index in [9.17, 15) is 13.6 Å². The molecule has 0 radical (unpaired) electrons. The fraction of sp³-hybridized carbons (Fsp3) is 0.154. The standard InChI is InChI=1S/C13H13F2NO2/c1-3-7-16(8-4-2)10-6-5-9(13(17)18)11(14)12(10)15/h3-6H,1-2,7-8H2,(H,17,18). The van der Waals surface area contributed by atoms with Crippen molar-refractivity contribution in [2.45, 2.75) is 0 Å². The normalized spacial score (nSPS) is 9.89. The van der Waals surface area contributed by atoms with E-state index in [1.807, 2.05) is 0 Å². The highest BCUT2D eigenvalue weighted by Gasteiger charge is 2.20. The third-order valence-electron chi connectivity index (χ3n) is 2.33. The number of carbonyl (C=O) groups is 1. The monoisotopic (exact) mass is 253 g/mol. The number of carboxylic acids is 1. The molecule has 0 aliphatic rings. The van der Waals surface area contributed by atoms with Crippen LogP contribution in [-0.4, -0.2) is 24.2 Å². The molecule has 0 atom stereocenters. The van der Waals surface area contributed by atoms with Gasteiger partial charge in [0.1, 0.15) is 0 Å². The lowest BCUT2D eigenvalue weighted by Crippen LogP contribution is -2.25. The van der Waals surface area contributed by atoms with Crippen molar-refractivity contribution in [2.75, 3.05) is 18.0 Å². The molecule has 96 valence electrons. The van der Waals surface area contributed by atoms with Gasteiger partial charge in [0.25, 0.3) is 0 Å². The summed E-state index contributed by atoms with van der Waals surface area (Å²) < 4.78 is 27.3. The van der Waals surface area contributed by atoms with Crippen molar-refractivity contribution in [2.24, 2.45) is 0 Å². The van der Waals surface area contributed by atoms with E-state index in [0.717, 1.165) is 6.07 Å². The highest BCUT2D eigenvalue weighted by atomic mass is 19.2. The van der Waals surface area contributed by atoms with Gasteiger partial charge in [-0.15, -0.1) is 13.2 Å². The third-order valence-corrected chi connectivity index (χ3v) is 2.33. The van der Waals surface area contributed by atoms with Crippen LogP contribution in [0.1, 0.15) is 10.4 Å². The van der Waals surface area contributed by atoms with Crippen molar-refractivity contribution < 1.29 is 18.7 Å². The van der Waals surface area contributed by atoms with Crippen LogP contribution in [0.5, 0.6) is 0 Å². The molecule has 5 heteroatoms. The Hall–Kier alpha value is -2.17. The van der Waals surface area contributed by atoms with Crippen LogP contribution in [0, 0.1) is 11.6 Å². The second kappa shape index (κ2) is 5.95. The second-order valence-corrected chi connectivity index (χ2v) is 3.55. The van der Waals surface area contributed by atoms with Crippen molar-refractivity contribution in [1.29, 1.82) is 0 Å². The molecule has 3 nitrogen and oxygen atoms in total. The third kappa shape index (κ3) is 2.74. The Kier molecular flexibility index (Phi) is 4.59. The lowest BCUT2D eigenvalue weighted by Gasteiger charge is -2.22. The van der Waals surface area contributed by atoms with Crippen molar-refractivity contribution in [3.63, 3.8) is 0 Å². The molecule has 0 aliphatic carbocycles. The van der Waals surface area contributed by atoms with E-state index >= 15 is 0 Å². The van der Waals surface area contributed by atoms with Crippen LogP contribution in [0.2, 0.25) is 0 Å². The first-order chi connectivity index (χ1) is 8.52. The summed E-state index contributed by atoms with van der Waals surface area (Å²) in [4.78, 5) is 12.1. The highest BCUT2D eigenvalue weighted by Crippen LogP contribution is 2.24. The Morgan fingerprint density at radius 1 is 1.22 bits per heavy atom. The topological polar surface area (TPSA) is 40.5 Å². The van der Waals surface area contributed by atoms with Crippen molar-refractivity contribution >= 4 is 11.7 Å². The molecule has 0 spiro atoms. The van der Waals surface area contributed by atoms with Crippen molar-refractivity contribution in [3.8, 4) is 0 Å². The minimum Gasteiger partial charge on any atom is -0.478 e. The maximum Gasteiger partial charge on any atom is 0.338 e. The van der Waals surface area contributed by atoms with E-state index in [-0.39, 0.29) is 5.69 Å². The SMILES string of the molecule is C=CCN(CC=C)c1ccc(C(=O)O)c(F)c1F. The van der Waals surface area contributed by atoms with E-state index in [0.29, 0.717) is 13.1 Å². The summed E-state index contributed by atoms with van der Waals surface area (Å²) in [5.41, 5.74) is -0.703. The molecule has 0 heterocycles. The second-order valence-electron chi connectivity index (χ2n) is 3.55. The Morgan fingerprint density at radius 2 is 1.78 bits per heavy atom. The van der Waals surface area contributed by atoms with Crippen molar-refractivity contribution in [3.05, 3.63) is 54.6 Å². The van der Waals surface area contributed by atoms with Gasteiger partial charge in [-0.05, 0) is 12.1 Å². The first-order valence-corrected chi connectivity index (χ1v) is 5.21. The quantitative estimate of drug-likeness (QED) is 0.792. The molecule has 0 aliphatic heterocycles. The van der Waals surface area contributed by atoms with Crippen LogP contribution in [-0.2, 0) is 0 Å². The molecule has 0 bridgehead atoms. The lowest BCUT2D eigenvalue weighted by molar-refractivity contribution is 0.0690. The van der Waals surface area contributed by atoms with Crippen molar-refractivity contribution in [1.82, 2.24) is 0 Å². The van der Waals surface area contributed by atoms with Gasteiger partial charge in [-0.25, -0.2) is 13.6 Å². The number of rotatable bonds is 6. The number of nitrogens with zero attached hydrogens (tertiary/aromatic N) is 1. The molecule has 0 fully saturated rings. The number of carboxylic acid groups (broad SMARTS) is 1. The molecule has 1 aromatic rings. The van der Waals surface area contributed by atoms with Crippen LogP contribution in [0.15, 0.2) is 37.4 Å². The van der Waals surface area contributed by atoms with Gasteiger partial charge in [0.15, 0.2) is 11.6 Å². The summed E-state index contributed by atoms with van der Waals surface area (Å²) in [5.74, 6) is -4.05. The minimum absolute atomic E-state index is 0.0164. The molecule has 0 unspecified atom stereocenters. The number of hydrogen-bond donors (Lipinski definition) is 1. The predicted octanol–water partition coefficient (Wildman–Crippen LogP) is 2.84. The van der Waals surface area contributed by atoms with E-state index in [1.54, 1.807) is 0 Å². The molecule has 1 N–H and O–H groups in total. The maximum absolute atomic E-state index is 13.8. The summed E-state index contributed by atoms with van der Waals surface area (Å²) in [6.07, 6.45) is 3.07. The number of hydrogen-bond acceptors (Lipinski definition) is 2. The molecule has 0 amide bonds. The van der Waals surface area contributed by atoms with Crippen LogP contribution in [0.4, 0.5) is 14.5 Å². The average Bonchev–Trinajstić information content (AvgIpc) is 2.32. The largest absolute Gasteiger partial charge is 0.478 e. The van der Waals surface area contributed by atoms with Gasteiger partial charge >= 0.3 is 5.97 Å². The Morgan fingerprint density at radius 3 is 2.22 bits per heavy atom. The predicted molar refractivity (Wildman–Crippen MR) is 65.9 cm³/mol. The number of anilines is 1.